The van der Waals surface area contributed by atoms with Crippen LogP contribution in [0, 0.1) is 0 Å². The molecule has 1 aromatic heterocycles. The number of fused-ring (bicyclic) bond motifs is 1. The van der Waals surface area contributed by atoms with Crippen molar-refractivity contribution in [3.63, 3.8) is 0 Å². The summed E-state index contributed by atoms with van der Waals surface area (Å²) in [6.07, 6.45) is 7.95. The highest BCUT2D eigenvalue weighted by molar-refractivity contribution is 6.35. The molecule has 1 unspecified atom stereocenters. The van der Waals surface area contributed by atoms with E-state index in [0.29, 0.717) is 46.9 Å². The number of H-pyrrole nitrogens is 2. The van der Waals surface area contributed by atoms with Gasteiger partial charge < -0.3 is 20.1 Å². The van der Waals surface area contributed by atoms with Gasteiger partial charge in [0.15, 0.2) is 6.17 Å². The first-order chi connectivity index (χ1) is 18.0. The van der Waals surface area contributed by atoms with Crippen molar-refractivity contribution in [2.24, 2.45) is 15.1 Å². The van der Waals surface area contributed by atoms with Crippen molar-refractivity contribution in [3.8, 4) is 11.6 Å². The zero-order chi connectivity index (χ0) is 25.4. The molecular weight excluding hydrogens is 496 g/mol. The van der Waals surface area contributed by atoms with Crippen LogP contribution in [0.25, 0.3) is 6.08 Å². The minimum Gasteiger partial charge on any atom is -0.493 e. The quantitative estimate of drug-likeness (QED) is 0.440. The van der Waals surface area contributed by atoms with Crippen LogP contribution in [0.2, 0.25) is 5.02 Å². The maximum Gasteiger partial charge on any atom is 0.326 e. The van der Waals surface area contributed by atoms with E-state index in [4.69, 9.17) is 26.3 Å². The first-order valence-electron chi connectivity index (χ1n) is 12.6. The molecule has 4 aliphatic rings. The number of benzene rings is 1. The average Bonchev–Trinajstić information content (AvgIpc) is 3.22. The Kier molecular flexibility index (Phi) is 6.47. The number of likely N-dealkylation sites (tertiary alicyclic amines) is 1. The van der Waals surface area contributed by atoms with Crippen molar-refractivity contribution in [1.82, 2.24) is 19.9 Å². The molecule has 2 fully saturated rings. The largest absolute Gasteiger partial charge is 0.493 e. The van der Waals surface area contributed by atoms with Crippen LogP contribution in [-0.2, 0) is 0 Å². The van der Waals surface area contributed by atoms with Crippen molar-refractivity contribution in [2.75, 3.05) is 31.6 Å². The number of nitrogens with one attached hydrogen (secondary N) is 3. The third-order valence-electron chi connectivity index (χ3n) is 6.76. The highest BCUT2D eigenvalue weighted by Gasteiger charge is 2.36. The van der Waals surface area contributed by atoms with Gasteiger partial charge in [0.2, 0.25) is 5.88 Å². The van der Waals surface area contributed by atoms with E-state index in [2.05, 4.69) is 25.3 Å². The minimum absolute atomic E-state index is 0.234. The number of hydrogen-bond acceptors (Lipinski definition) is 8. The number of nitrogens with zero attached hydrogens (tertiary/aromatic N) is 5. The van der Waals surface area contributed by atoms with Gasteiger partial charge in [0.05, 0.1) is 24.4 Å². The van der Waals surface area contributed by atoms with E-state index in [9.17, 15) is 9.90 Å². The normalized spacial score (nSPS) is 23.6. The summed E-state index contributed by atoms with van der Waals surface area (Å²) in [6.45, 7) is 3.72. The first kappa shape index (κ1) is 23.8. The van der Waals surface area contributed by atoms with Gasteiger partial charge >= 0.3 is 5.69 Å². The summed E-state index contributed by atoms with van der Waals surface area (Å²) in [5, 5.41) is 20.2. The lowest BCUT2D eigenvalue weighted by molar-refractivity contribution is 0.238. The number of aliphatic imine (C=N–C) groups is 2. The number of amidine groups is 2. The third-order valence-corrected chi connectivity index (χ3v) is 7.15. The molecule has 3 aliphatic heterocycles. The lowest BCUT2D eigenvalue weighted by Crippen LogP contribution is -2.41. The topological polar surface area (TPSA) is 134 Å². The van der Waals surface area contributed by atoms with Gasteiger partial charge in [0.1, 0.15) is 34.7 Å². The molecule has 2 aromatic rings. The number of rotatable bonds is 7. The van der Waals surface area contributed by atoms with E-state index in [1.807, 2.05) is 18.2 Å². The summed E-state index contributed by atoms with van der Waals surface area (Å²) in [4.78, 5) is 28.6. The third kappa shape index (κ3) is 5.28. The van der Waals surface area contributed by atoms with E-state index in [1.54, 1.807) is 17.3 Å². The van der Waals surface area contributed by atoms with Crippen LogP contribution >= 0.6 is 11.6 Å². The smallest absolute Gasteiger partial charge is 0.326 e. The number of aromatic nitrogens is 2. The fraction of sp³-hybridized carbons (Fsp3) is 0.440. The fourth-order valence-electron chi connectivity index (χ4n) is 4.69. The molecule has 0 bridgehead atoms. The van der Waals surface area contributed by atoms with E-state index in [0.717, 1.165) is 38.3 Å². The summed E-state index contributed by atoms with van der Waals surface area (Å²) < 4.78 is 6.01. The molecule has 0 spiro atoms. The van der Waals surface area contributed by atoms with Crippen LogP contribution in [0.4, 0.5) is 5.69 Å². The predicted molar refractivity (Wildman–Crippen MR) is 144 cm³/mol. The molecule has 1 aromatic carbocycles. The summed E-state index contributed by atoms with van der Waals surface area (Å²) >= 11 is 6.72. The standard InChI is InChI=1S/C25H29ClN8O3/c26-22-17(4-3-5-19(22)37-11-10-33-8-1-2-9-33)29-20-13-21(28-16-6-7-16)34-23(31-20)15(14-27-34)12-18-24(35)32-25(36)30-18/h3-5,12,14,16,23,35H,1-2,6-11,13H2,(H,29,31)(H2,30,32,36)/b15-12-,28-21?. The molecule has 4 N–H and O–H groups in total. The summed E-state index contributed by atoms with van der Waals surface area (Å²) in [7, 11) is 0. The number of aromatic hydroxyl groups is 1. The molecule has 37 heavy (non-hydrogen) atoms. The molecule has 12 heteroatoms. The maximum atomic E-state index is 11.6. The van der Waals surface area contributed by atoms with Gasteiger partial charge in [-0.2, -0.15) is 5.10 Å². The van der Waals surface area contributed by atoms with Crippen molar-refractivity contribution < 1.29 is 9.84 Å². The summed E-state index contributed by atoms with van der Waals surface area (Å²) in [5.74, 6) is 1.90. The number of ether oxygens (including phenoxy) is 1. The zero-order valence-corrected chi connectivity index (χ0v) is 21.0. The number of hydrogen-bond donors (Lipinski definition) is 4. The van der Waals surface area contributed by atoms with Crippen LogP contribution in [0.5, 0.6) is 11.6 Å². The van der Waals surface area contributed by atoms with Crippen molar-refractivity contribution in [2.45, 2.75) is 44.3 Å². The number of aromatic amines is 2. The number of halogens is 1. The van der Waals surface area contributed by atoms with Crippen LogP contribution < -0.4 is 15.7 Å². The van der Waals surface area contributed by atoms with Crippen LogP contribution in [0.3, 0.4) is 0 Å². The summed E-state index contributed by atoms with van der Waals surface area (Å²) in [6, 6.07) is 5.98. The molecule has 1 saturated heterocycles. The molecule has 0 radical (unpaired) electrons. The van der Waals surface area contributed by atoms with Gasteiger partial charge in [-0.15, -0.1) is 0 Å². The number of anilines is 1. The molecule has 194 valence electrons. The molecule has 1 atom stereocenters. The lowest BCUT2D eigenvalue weighted by atomic mass is 10.1. The highest BCUT2D eigenvalue weighted by Crippen LogP contribution is 2.34. The molecule has 4 heterocycles. The second-order valence-electron chi connectivity index (χ2n) is 9.62. The first-order valence-corrected chi connectivity index (χ1v) is 13.0. The highest BCUT2D eigenvalue weighted by atomic mass is 35.5. The Hall–Kier alpha value is -3.57. The van der Waals surface area contributed by atoms with Crippen LogP contribution in [-0.4, -0.2) is 81.3 Å². The minimum atomic E-state index is -0.487. The average molecular weight is 525 g/mol. The Bertz CT molecular complexity index is 1350. The maximum absolute atomic E-state index is 11.6. The van der Waals surface area contributed by atoms with Crippen LogP contribution in [0.1, 0.15) is 37.8 Å². The lowest BCUT2D eigenvalue weighted by Gasteiger charge is -2.29. The molecule has 1 saturated carbocycles. The molecular formula is C25H29ClN8O3. The Balaban J connectivity index is 1.23. The Labute approximate surface area is 218 Å². The fourth-order valence-corrected chi connectivity index (χ4v) is 4.92. The Morgan fingerprint density at radius 1 is 1.27 bits per heavy atom. The number of imidazole rings is 1. The molecule has 11 nitrogen and oxygen atoms in total. The van der Waals surface area contributed by atoms with E-state index >= 15 is 0 Å². The SMILES string of the molecule is O=c1[nH]c(O)c(/C=C2/C=NN3C(=NC4CC4)CC(Nc4cccc(OCCN5CCCC5)c4Cl)=NC23)[nH]1. The summed E-state index contributed by atoms with van der Waals surface area (Å²) in [5.41, 5.74) is 1.19. The van der Waals surface area contributed by atoms with Crippen molar-refractivity contribution in [1.29, 1.82) is 0 Å². The second kappa shape index (κ2) is 10.1. The van der Waals surface area contributed by atoms with Crippen molar-refractivity contribution >= 4 is 41.3 Å². The second-order valence-corrected chi connectivity index (χ2v) is 10.00. The van der Waals surface area contributed by atoms with E-state index < -0.39 is 11.9 Å². The van der Waals surface area contributed by atoms with Crippen LogP contribution in [0.15, 0.2) is 43.7 Å². The molecule has 6 rings (SSSR count). The molecule has 1 aliphatic carbocycles. The van der Waals surface area contributed by atoms with E-state index in [-0.39, 0.29) is 11.6 Å². The Morgan fingerprint density at radius 2 is 2.11 bits per heavy atom. The van der Waals surface area contributed by atoms with Gasteiger partial charge in [-0.3, -0.25) is 14.9 Å². The monoisotopic (exact) mass is 524 g/mol. The number of hydrazone groups is 1. The zero-order valence-electron chi connectivity index (χ0n) is 20.3. The van der Waals surface area contributed by atoms with Gasteiger partial charge in [0.25, 0.3) is 0 Å². The van der Waals surface area contributed by atoms with E-state index in [1.165, 1.54) is 12.8 Å². The van der Waals surface area contributed by atoms with Gasteiger partial charge in [-0.25, -0.2) is 14.8 Å². The van der Waals surface area contributed by atoms with Gasteiger partial charge in [-0.05, 0) is 57.0 Å². The predicted octanol–water partition coefficient (Wildman–Crippen LogP) is 3.02. The van der Waals surface area contributed by atoms with Gasteiger partial charge in [-0.1, -0.05) is 17.7 Å². The molecule has 0 amide bonds. The Morgan fingerprint density at radius 3 is 2.86 bits per heavy atom. The van der Waals surface area contributed by atoms with Gasteiger partial charge in [0, 0.05) is 12.1 Å². The van der Waals surface area contributed by atoms with Crippen molar-refractivity contribution in [3.05, 3.63) is 45.0 Å².